The van der Waals surface area contributed by atoms with Crippen LogP contribution in [0.2, 0.25) is 0 Å². The van der Waals surface area contributed by atoms with Crippen LogP contribution < -0.4 is 0 Å². The lowest BCUT2D eigenvalue weighted by molar-refractivity contribution is -0.145. The first-order chi connectivity index (χ1) is 25.9. The molecule has 2 aliphatic heterocycles. The molecule has 3 aromatic rings. The normalized spacial score (nSPS) is 15.4. The maximum absolute atomic E-state index is 13.0. The van der Waals surface area contributed by atoms with Crippen LogP contribution in [0.4, 0.5) is 0 Å². The van der Waals surface area contributed by atoms with E-state index in [0.717, 1.165) is 44.3 Å². The van der Waals surface area contributed by atoms with Gasteiger partial charge in [-0.3, -0.25) is 14.6 Å². The molecule has 0 amide bonds. The number of rotatable bonds is 17. The largest absolute Gasteiger partial charge is 0.481 e. The van der Waals surface area contributed by atoms with Crippen LogP contribution in [-0.2, 0) is 46.2 Å². The summed E-state index contributed by atoms with van der Waals surface area (Å²) in [5.41, 5.74) is 9.38. The molecule has 0 spiro atoms. The number of aromatic amines is 2. The van der Waals surface area contributed by atoms with E-state index < -0.39 is 30.2 Å². The predicted molar refractivity (Wildman–Crippen MR) is 206 cm³/mol. The van der Waals surface area contributed by atoms with Gasteiger partial charge < -0.3 is 39.1 Å². The van der Waals surface area contributed by atoms with Crippen LogP contribution in [0.25, 0.3) is 39.3 Å². The number of aliphatic carboxylic acids is 2. The lowest BCUT2D eigenvalue weighted by atomic mass is 9.84. The Morgan fingerprint density at radius 1 is 0.870 bits per heavy atom. The molecule has 2 atom stereocenters. The third kappa shape index (κ3) is 8.64. The number of esters is 1. The Hall–Kier alpha value is -5.11. The van der Waals surface area contributed by atoms with Crippen LogP contribution in [0, 0.1) is 13.8 Å². The molecule has 0 saturated carbocycles. The minimum atomic E-state index is -1.22. The number of allylic oxidation sites excluding steroid dienone is 1. The van der Waals surface area contributed by atoms with Crippen LogP contribution in [0.15, 0.2) is 24.8 Å². The SMILES string of the molecule is C=Cc1c(C)c2cc3nc(c(CC(=O)O)c4nc(cc5[nH]c(cc1[nH]2)c(C)c5CC)C(C)=C4C(=O)O)[C@@H](CCC(=O)OCCOCCOCCOC)[C@@H]3C. The van der Waals surface area contributed by atoms with Gasteiger partial charge in [-0.1, -0.05) is 26.5 Å². The van der Waals surface area contributed by atoms with E-state index in [1.54, 1.807) is 14.0 Å². The second-order valence-electron chi connectivity index (χ2n) is 13.5. The van der Waals surface area contributed by atoms with Gasteiger partial charge in [0.05, 0.1) is 62.1 Å². The quantitative estimate of drug-likeness (QED) is 0.0855. The van der Waals surface area contributed by atoms with Crippen molar-refractivity contribution in [2.75, 3.05) is 46.8 Å². The van der Waals surface area contributed by atoms with E-state index in [2.05, 4.69) is 23.5 Å². The third-order valence-corrected chi connectivity index (χ3v) is 10.2. The summed E-state index contributed by atoms with van der Waals surface area (Å²) in [7, 11) is 1.60. The van der Waals surface area contributed by atoms with Crippen molar-refractivity contribution in [3.05, 3.63) is 75.4 Å². The highest BCUT2D eigenvalue weighted by molar-refractivity contribution is 6.24. The van der Waals surface area contributed by atoms with Gasteiger partial charge in [0.25, 0.3) is 0 Å². The summed E-state index contributed by atoms with van der Waals surface area (Å²) >= 11 is 0. The number of nitrogens with zero attached hydrogens (tertiary/aromatic N) is 2. The number of aromatic nitrogens is 4. The smallest absolute Gasteiger partial charge is 0.338 e. The number of aryl methyl sites for hydroxylation is 3. The Morgan fingerprint density at radius 2 is 1.54 bits per heavy atom. The zero-order chi connectivity index (χ0) is 39.1. The summed E-state index contributed by atoms with van der Waals surface area (Å²) in [6.07, 6.45) is 2.31. The van der Waals surface area contributed by atoms with Crippen molar-refractivity contribution in [1.82, 2.24) is 19.9 Å². The fraction of sp³-hybridized carbons (Fsp3) is 0.439. The van der Waals surface area contributed by atoms with Crippen molar-refractivity contribution < 1.29 is 43.5 Å². The summed E-state index contributed by atoms with van der Waals surface area (Å²) < 4.78 is 21.2. The minimum Gasteiger partial charge on any atom is -0.481 e. The first-order valence-electron chi connectivity index (χ1n) is 18.2. The maximum atomic E-state index is 13.0. The van der Waals surface area contributed by atoms with Crippen molar-refractivity contribution >= 4 is 57.2 Å². The number of nitrogens with one attached hydrogen (secondary N) is 2. The van der Waals surface area contributed by atoms with E-state index in [4.69, 9.17) is 28.9 Å². The Morgan fingerprint density at radius 3 is 2.19 bits per heavy atom. The molecule has 8 bridgehead atoms. The van der Waals surface area contributed by atoms with Crippen LogP contribution in [0.1, 0.15) is 96.0 Å². The summed E-state index contributed by atoms with van der Waals surface area (Å²) in [5, 5.41) is 20.7. The van der Waals surface area contributed by atoms with Gasteiger partial charge in [-0.05, 0) is 74.1 Å². The molecule has 54 heavy (non-hydrogen) atoms. The molecule has 3 aromatic heterocycles. The van der Waals surface area contributed by atoms with Gasteiger partial charge in [-0.2, -0.15) is 0 Å². The first kappa shape index (κ1) is 40.1. The molecule has 0 unspecified atom stereocenters. The van der Waals surface area contributed by atoms with Gasteiger partial charge in [0.1, 0.15) is 6.61 Å². The summed E-state index contributed by atoms with van der Waals surface area (Å²) in [5.74, 6) is -3.54. The van der Waals surface area contributed by atoms with E-state index in [-0.39, 0.29) is 48.8 Å². The van der Waals surface area contributed by atoms with Gasteiger partial charge >= 0.3 is 17.9 Å². The monoisotopic (exact) mass is 742 g/mol. The van der Waals surface area contributed by atoms with E-state index in [1.165, 1.54) is 0 Å². The van der Waals surface area contributed by atoms with Crippen molar-refractivity contribution in [2.24, 2.45) is 0 Å². The van der Waals surface area contributed by atoms with Crippen LogP contribution >= 0.6 is 0 Å². The Bertz CT molecular complexity index is 2130. The molecule has 13 heteroatoms. The van der Waals surface area contributed by atoms with E-state index in [9.17, 15) is 24.6 Å². The fourth-order valence-electron chi connectivity index (χ4n) is 7.27. The fourth-order valence-corrected chi connectivity index (χ4v) is 7.27. The highest BCUT2D eigenvalue weighted by Crippen LogP contribution is 2.44. The molecule has 288 valence electrons. The number of hydrogen-bond acceptors (Lipinski definition) is 9. The number of carboxylic acids is 2. The lowest BCUT2D eigenvalue weighted by Gasteiger charge is -2.18. The highest BCUT2D eigenvalue weighted by atomic mass is 16.6. The molecule has 0 aliphatic carbocycles. The third-order valence-electron chi connectivity index (χ3n) is 10.2. The number of carboxylic acid groups (broad SMARTS) is 2. The van der Waals surface area contributed by atoms with Crippen molar-refractivity contribution in [1.29, 1.82) is 0 Å². The molecule has 0 radical (unpaired) electrons. The molecule has 5 rings (SSSR count). The lowest BCUT2D eigenvalue weighted by Crippen LogP contribution is -2.15. The van der Waals surface area contributed by atoms with Crippen molar-refractivity contribution in [3.8, 4) is 0 Å². The predicted octanol–water partition coefficient (Wildman–Crippen LogP) is 6.67. The maximum Gasteiger partial charge on any atom is 0.338 e. The Kier molecular flexibility index (Phi) is 13.2. The molecule has 13 nitrogen and oxygen atoms in total. The molecule has 0 fully saturated rings. The summed E-state index contributed by atoms with van der Waals surface area (Å²) in [6, 6.07) is 5.81. The number of ether oxygens (including phenoxy) is 4. The highest BCUT2D eigenvalue weighted by Gasteiger charge is 2.35. The van der Waals surface area contributed by atoms with Crippen molar-refractivity contribution in [3.63, 3.8) is 0 Å². The van der Waals surface area contributed by atoms with Gasteiger partial charge in [0, 0.05) is 64.3 Å². The first-order valence-corrected chi connectivity index (χ1v) is 18.2. The van der Waals surface area contributed by atoms with E-state index in [0.29, 0.717) is 55.5 Å². The average Bonchev–Trinajstić information content (AvgIpc) is 3.81. The number of carbonyl (C=O) groups is 3. The Balaban J connectivity index is 1.64. The molecule has 4 N–H and O–H groups in total. The van der Waals surface area contributed by atoms with E-state index in [1.807, 2.05) is 45.0 Å². The van der Waals surface area contributed by atoms with Gasteiger partial charge in [-0.15, -0.1) is 0 Å². The number of carbonyl (C=O) groups excluding carboxylic acids is 1. The molecule has 2 aliphatic rings. The average molecular weight is 743 g/mol. The standard InChI is InChI=1S/C41H50N4O9/c1-8-26-22(3)30-19-32-24(5)28(10-11-37(48)54-17-16-53-15-14-52-13-12-51-7)39(44-32)29(18-36(46)47)40-38(41(49)50)25(6)33(45-40)21-35-27(9-2)23(4)31(43-35)20-34(26)42-30/h8,19-21,24,28,42-43H,1,9-18H2,2-7H3,(H,46,47)(H,49,50)/t24-,28-/m0/s1. The summed E-state index contributed by atoms with van der Waals surface area (Å²) in [6.45, 7) is 15.8. The molecular weight excluding hydrogens is 692 g/mol. The van der Waals surface area contributed by atoms with Gasteiger partial charge in [-0.25, -0.2) is 9.78 Å². The minimum absolute atomic E-state index is 0.0232. The van der Waals surface area contributed by atoms with Crippen LogP contribution in [-0.4, -0.2) is 94.8 Å². The van der Waals surface area contributed by atoms with E-state index >= 15 is 0 Å². The molecular formula is C41H50N4O9. The zero-order valence-electron chi connectivity index (χ0n) is 31.9. The topological polar surface area (TPSA) is 186 Å². The summed E-state index contributed by atoms with van der Waals surface area (Å²) in [4.78, 5) is 55.3. The van der Waals surface area contributed by atoms with Crippen LogP contribution in [0.5, 0.6) is 0 Å². The number of hydrogen-bond donors (Lipinski definition) is 4. The second-order valence-corrected chi connectivity index (χ2v) is 13.5. The van der Waals surface area contributed by atoms with Crippen LogP contribution in [0.3, 0.4) is 0 Å². The molecule has 0 aromatic carbocycles. The molecule has 5 heterocycles. The van der Waals surface area contributed by atoms with Gasteiger partial charge in [0.15, 0.2) is 0 Å². The second kappa shape index (κ2) is 17.8. The number of fused-ring (bicyclic) bond motifs is 8. The molecule has 0 saturated heterocycles. The Labute approximate surface area is 314 Å². The number of methoxy groups -OCH3 is 1. The number of H-pyrrole nitrogens is 2. The van der Waals surface area contributed by atoms with Gasteiger partial charge in [0.2, 0.25) is 0 Å². The van der Waals surface area contributed by atoms with Crippen molar-refractivity contribution in [2.45, 2.75) is 72.1 Å². The zero-order valence-corrected chi connectivity index (χ0v) is 31.9.